The Morgan fingerprint density at radius 2 is 2.00 bits per heavy atom. The summed E-state index contributed by atoms with van der Waals surface area (Å²) in [6.45, 7) is 0. The Hall–Kier alpha value is -1.46. The van der Waals surface area contributed by atoms with Gasteiger partial charge in [-0.3, -0.25) is 4.98 Å². The number of benzene rings is 1. The van der Waals surface area contributed by atoms with Crippen LogP contribution >= 0.6 is 11.8 Å². The summed E-state index contributed by atoms with van der Waals surface area (Å²) in [5.74, 6) is -0.225. The van der Waals surface area contributed by atoms with E-state index < -0.39 is 5.82 Å². The van der Waals surface area contributed by atoms with Crippen molar-refractivity contribution in [3.8, 4) is 0 Å². The molecule has 2 aromatic rings. The summed E-state index contributed by atoms with van der Waals surface area (Å²) >= 11 is 1.31. The number of nitrogens with two attached hydrogens (primary N) is 1. The molecule has 0 aliphatic rings. The number of aromatic nitrogens is 1. The van der Waals surface area contributed by atoms with E-state index in [1.807, 2.05) is 0 Å². The zero-order valence-corrected chi connectivity index (χ0v) is 10.3. The van der Waals surface area contributed by atoms with E-state index in [0.717, 1.165) is 6.20 Å². The molecule has 0 aliphatic carbocycles. The van der Waals surface area contributed by atoms with E-state index in [9.17, 15) is 8.78 Å². The number of rotatable bonds is 4. The van der Waals surface area contributed by atoms with Gasteiger partial charge in [-0.15, -0.1) is 11.8 Å². The molecule has 1 unspecified atom stereocenters. The molecule has 18 heavy (non-hydrogen) atoms. The molecule has 1 aromatic heterocycles. The van der Waals surface area contributed by atoms with Crippen molar-refractivity contribution in [3.05, 3.63) is 59.9 Å². The van der Waals surface area contributed by atoms with Crippen LogP contribution < -0.4 is 5.73 Å². The molecule has 1 atom stereocenters. The van der Waals surface area contributed by atoms with E-state index >= 15 is 0 Å². The van der Waals surface area contributed by atoms with Crippen LogP contribution in [0.4, 0.5) is 8.78 Å². The molecular formula is C13H12F2N2S. The second-order valence-electron chi connectivity index (χ2n) is 3.78. The zero-order valence-electron chi connectivity index (χ0n) is 9.51. The van der Waals surface area contributed by atoms with Gasteiger partial charge in [-0.25, -0.2) is 8.78 Å². The van der Waals surface area contributed by atoms with E-state index in [2.05, 4.69) is 4.98 Å². The lowest BCUT2D eigenvalue weighted by Crippen LogP contribution is -2.13. The van der Waals surface area contributed by atoms with Crippen molar-refractivity contribution < 1.29 is 8.78 Å². The first kappa shape index (κ1) is 13.0. The third-order valence-electron chi connectivity index (χ3n) is 2.41. The summed E-state index contributed by atoms with van der Waals surface area (Å²) in [6.07, 6.45) is 2.65. The van der Waals surface area contributed by atoms with Gasteiger partial charge in [0.2, 0.25) is 0 Å². The first-order valence-corrected chi connectivity index (χ1v) is 6.39. The predicted octanol–water partition coefficient (Wildman–Crippen LogP) is 3.15. The van der Waals surface area contributed by atoms with Gasteiger partial charge in [0.05, 0.1) is 6.20 Å². The van der Waals surface area contributed by atoms with E-state index in [-0.39, 0.29) is 11.9 Å². The molecule has 0 bridgehead atoms. The summed E-state index contributed by atoms with van der Waals surface area (Å²) in [4.78, 5) is 4.28. The standard InChI is InChI=1S/C13H12F2N2S/c14-10-5-9(6-17-7-10)12(16)8-18-13-4-2-1-3-11(13)15/h1-7,12H,8,16H2. The van der Waals surface area contributed by atoms with Crippen LogP contribution in [0, 0.1) is 11.6 Å². The van der Waals surface area contributed by atoms with Gasteiger partial charge in [0.25, 0.3) is 0 Å². The lowest BCUT2D eigenvalue weighted by atomic mass is 10.1. The molecule has 2 rings (SSSR count). The van der Waals surface area contributed by atoms with Crippen molar-refractivity contribution in [1.29, 1.82) is 0 Å². The van der Waals surface area contributed by atoms with Crippen molar-refractivity contribution in [3.63, 3.8) is 0 Å². The number of hydrogen-bond donors (Lipinski definition) is 1. The molecule has 5 heteroatoms. The monoisotopic (exact) mass is 266 g/mol. The van der Waals surface area contributed by atoms with Crippen molar-refractivity contribution >= 4 is 11.8 Å². The third-order valence-corrected chi connectivity index (χ3v) is 3.58. The molecule has 0 amide bonds. The van der Waals surface area contributed by atoms with Gasteiger partial charge in [0.1, 0.15) is 11.6 Å². The first-order valence-electron chi connectivity index (χ1n) is 5.40. The summed E-state index contributed by atoms with van der Waals surface area (Å²) in [7, 11) is 0. The second kappa shape index (κ2) is 5.93. The smallest absolute Gasteiger partial charge is 0.141 e. The first-order chi connectivity index (χ1) is 8.66. The zero-order chi connectivity index (χ0) is 13.0. The number of nitrogens with zero attached hydrogens (tertiary/aromatic N) is 1. The Morgan fingerprint density at radius 1 is 1.22 bits per heavy atom. The predicted molar refractivity (Wildman–Crippen MR) is 68.2 cm³/mol. The number of hydrogen-bond acceptors (Lipinski definition) is 3. The maximum atomic E-state index is 13.4. The summed E-state index contributed by atoms with van der Waals surface area (Å²) in [6, 6.07) is 7.46. The highest BCUT2D eigenvalue weighted by atomic mass is 32.2. The lowest BCUT2D eigenvalue weighted by Gasteiger charge is -2.11. The SMILES string of the molecule is NC(CSc1ccccc1F)c1cncc(F)c1. The third kappa shape index (κ3) is 3.27. The molecule has 1 heterocycles. The minimum Gasteiger partial charge on any atom is -0.323 e. The average molecular weight is 266 g/mol. The molecule has 2 N–H and O–H groups in total. The largest absolute Gasteiger partial charge is 0.323 e. The fourth-order valence-electron chi connectivity index (χ4n) is 1.47. The van der Waals surface area contributed by atoms with Crippen LogP contribution in [0.3, 0.4) is 0 Å². The van der Waals surface area contributed by atoms with Crippen molar-refractivity contribution in [2.24, 2.45) is 5.73 Å². The Labute approximate surface area is 108 Å². The molecule has 1 aromatic carbocycles. The summed E-state index contributed by atoms with van der Waals surface area (Å²) in [5, 5.41) is 0. The molecule has 0 radical (unpaired) electrons. The molecule has 0 fully saturated rings. The topological polar surface area (TPSA) is 38.9 Å². The minimum atomic E-state index is -0.418. The Bertz CT molecular complexity index is 534. The fourth-order valence-corrected chi connectivity index (χ4v) is 2.40. The highest BCUT2D eigenvalue weighted by Crippen LogP contribution is 2.25. The lowest BCUT2D eigenvalue weighted by molar-refractivity contribution is 0.601. The van der Waals surface area contributed by atoms with Gasteiger partial charge >= 0.3 is 0 Å². The maximum absolute atomic E-state index is 13.4. The number of pyridine rings is 1. The van der Waals surface area contributed by atoms with Gasteiger partial charge in [0.15, 0.2) is 0 Å². The number of thioether (sulfide) groups is 1. The molecule has 94 valence electrons. The average Bonchev–Trinajstić information content (AvgIpc) is 2.37. The highest BCUT2D eigenvalue weighted by Gasteiger charge is 2.09. The van der Waals surface area contributed by atoms with Crippen LogP contribution in [0.5, 0.6) is 0 Å². The minimum absolute atomic E-state index is 0.271. The van der Waals surface area contributed by atoms with Gasteiger partial charge in [0, 0.05) is 22.9 Å². The van der Waals surface area contributed by atoms with Crippen LogP contribution in [-0.2, 0) is 0 Å². The van der Waals surface area contributed by atoms with Gasteiger partial charge < -0.3 is 5.73 Å². The van der Waals surface area contributed by atoms with E-state index in [1.54, 1.807) is 18.2 Å². The number of halogens is 2. The molecule has 0 aliphatic heterocycles. The fraction of sp³-hybridized carbons (Fsp3) is 0.154. The Morgan fingerprint density at radius 3 is 2.72 bits per heavy atom. The van der Waals surface area contributed by atoms with Crippen LogP contribution in [-0.4, -0.2) is 10.7 Å². The van der Waals surface area contributed by atoms with Crippen LogP contribution in [0.25, 0.3) is 0 Å². The molecular weight excluding hydrogens is 254 g/mol. The normalized spacial score (nSPS) is 12.4. The van der Waals surface area contributed by atoms with Gasteiger partial charge in [-0.2, -0.15) is 0 Å². The van der Waals surface area contributed by atoms with Crippen molar-refractivity contribution in [2.45, 2.75) is 10.9 Å². The maximum Gasteiger partial charge on any atom is 0.141 e. The van der Waals surface area contributed by atoms with Gasteiger partial charge in [-0.05, 0) is 23.8 Å². The van der Waals surface area contributed by atoms with Crippen LogP contribution in [0.2, 0.25) is 0 Å². The van der Waals surface area contributed by atoms with Gasteiger partial charge in [-0.1, -0.05) is 12.1 Å². The second-order valence-corrected chi connectivity index (χ2v) is 4.85. The van der Waals surface area contributed by atoms with Crippen molar-refractivity contribution in [1.82, 2.24) is 4.98 Å². The van der Waals surface area contributed by atoms with Crippen LogP contribution in [0.15, 0.2) is 47.6 Å². The van der Waals surface area contributed by atoms with E-state index in [0.29, 0.717) is 16.2 Å². The van der Waals surface area contributed by atoms with E-state index in [1.165, 1.54) is 30.1 Å². The summed E-state index contributed by atoms with van der Waals surface area (Å²) < 4.78 is 26.3. The van der Waals surface area contributed by atoms with E-state index in [4.69, 9.17) is 5.73 Å². The molecule has 0 saturated carbocycles. The quantitative estimate of drug-likeness (QED) is 0.864. The Kier molecular flexibility index (Phi) is 4.28. The molecule has 0 spiro atoms. The molecule has 2 nitrogen and oxygen atoms in total. The van der Waals surface area contributed by atoms with Crippen LogP contribution in [0.1, 0.15) is 11.6 Å². The molecule has 0 saturated heterocycles. The highest BCUT2D eigenvalue weighted by molar-refractivity contribution is 7.99. The van der Waals surface area contributed by atoms with Crippen molar-refractivity contribution in [2.75, 3.05) is 5.75 Å². The summed E-state index contributed by atoms with van der Waals surface area (Å²) in [5.41, 5.74) is 6.52. The Balaban J connectivity index is 2.00.